The summed E-state index contributed by atoms with van der Waals surface area (Å²) in [5.41, 5.74) is 6.65. The molecule has 0 heterocycles. The Morgan fingerprint density at radius 3 is 2.55 bits per heavy atom. The molecular formula is C15H14BrF2NO. The van der Waals surface area contributed by atoms with E-state index in [1.54, 1.807) is 6.07 Å². The van der Waals surface area contributed by atoms with Gasteiger partial charge in [-0.3, -0.25) is 0 Å². The van der Waals surface area contributed by atoms with Crippen molar-refractivity contribution in [2.24, 2.45) is 5.73 Å². The van der Waals surface area contributed by atoms with Crippen molar-refractivity contribution in [3.8, 4) is 11.5 Å². The molecule has 0 amide bonds. The molecule has 2 N–H and O–H groups in total. The van der Waals surface area contributed by atoms with E-state index in [0.29, 0.717) is 12.2 Å². The molecule has 0 saturated heterocycles. The van der Waals surface area contributed by atoms with Crippen molar-refractivity contribution >= 4 is 15.9 Å². The molecule has 0 spiro atoms. The van der Waals surface area contributed by atoms with Gasteiger partial charge in [0.15, 0.2) is 11.6 Å². The average molecular weight is 342 g/mol. The molecule has 20 heavy (non-hydrogen) atoms. The highest BCUT2D eigenvalue weighted by Gasteiger charge is 2.11. The Morgan fingerprint density at radius 2 is 1.90 bits per heavy atom. The van der Waals surface area contributed by atoms with Crippen LogP contribution in [0.1, 0.15) is 12.5 Å². The van der Waals surface area contributed by atoms with Gasteiger partial charge in [0.1, 0.15) is 11.6 Å². The molecule has 1 atom stereocenters. The topological polar surface area (TPSA) is 35.2 Å². The van der Waals surface area contributed by atoms with Crippen molar-refractivity contribution < 1.29 is 13.5 Å². The first-order chi connectivity index (χ1) is 9.45. The molecule has 5 heteroatoms. The molecule has 0 saturated carbocycles. The second-order valence-electron chi connectivity index (χ2n) is 4.61. The van der Waals surface area contributed by atoms with Gasteiger partial charge in [-0.1, -0.05) is 22.0 Å². The first kappa shape index (κ1) is 14.9. The quantitative estimate of drug-likeness (QED) is 0.893. The predicted octanol–water partition coefficient (Wildman–Crippen LogP) is 4.41. The Hall–Kier alpha value is -1.46. The number of nitrogens with two attached hydrogens (primary N) is 1. The van der Waals surface area contributed by atoms with E-state index in [1.807, 2.05) is 19.1 Å². The van der Waals surface area contributed by atoms with Gasteiger partial charge in [-0.15, -0.1) is 0 Å². The SMILES string of the molecule is CC(N)Cc1ccc(Br)cc1Oc1ccc(F)cc1F. The summed E-state index contributed by atoms with van der Waals surface area (Å²) in [4.78, 5) is 0. The van der Waals surface area contributed by atoms with Crippen LogP contribution in [-0.2, 0) is 6.42 Å². The summed E-state index contributed by atoms with van der Waals surface area (Å²) < 4.78 is 32.9. The number of ether oxygens (including phenoxy) is 1. The third kappa shape index (κ3) is 3.77. The fourth-order valence-corrected chi connectivity index (χ4v) is 2.16. The van der Waals surface area contributed by atoms with Crippen molar-refractivity contribution in [2.75, 3.05) is 0 Å². The third-order valence-corrected chi connectivity index (χ3v) is 3.18. The van der Waals surface area contributed by atoms with Crippen molar-refractivity contribution in [3.05, 3.63) is 58.1 Å². The monoisotopic (exact) mass is 341 g/mol. The standard InChI is InChI=1S/C15H14BrF2NO/c1-9(19)6-10-2-3-11(16)7-15(10)20-14-5-4-12(17)8-13(14)18/h2-5,7-9H,6,19H2,1H3. The van der Waals surface area contributed by atoms with Crippen molar-refractivity contribution in [1.29, 1.82) is 0 Å². The van der Waals surface area contributed by atoms with Crippen molar-refractivity contribution in [3.63, 3.8) is 0 Å². The Bertz CT molecular complexity index is 617. The number of rotatable bonds is 4. The van der Waals surface area contributed by atoms with E-state index in [-0.39, 0.29) is 11.8 Å². The van der Waals surface area contributed by atoms with Crippen LogP contribution >= 0.6 is 15.9 Å². The predicted molar refractivity (Wildman–Crippen MR) is 77.9 cm³/mol. The second-order valence-corrected chi connectivity index (χ2v) is 5.53. The van der Waals surface area contributed by atoms with Crippen LogP contribution in [0.4, 0.5) is 8.78 Å². The summed E-state index contributed by atoms with van der Waals surface area (Å²) in [5, 5.41) is 0. The van der Waals surface area contributed by atoms with E-state index in [2.05, 4.69) is 15.9 Å². The lowest BCUT2D eigenvalue weighted by molar-refractivity contribution is 0.432. The number of hydrogen-bond acceptors (Lipinski definition) is 2. The van der Waals surface area contributed by atoms with Crippen LogP contribution in [-0.4, -0.2) is 6.04 Å². The molecule has 0 bridgehead atoms. The summed E-state index contributed by atoms with van der Waals surface area (Å²) in [5.74, 6) is -0.894. The van der Waals surface area contributed by atoms with Crippen LogP contribution in [0.5, 0.6) is 11.5 Å². The van der Waals surface area contributed by atoms with Crippen LogP contribution < -0.4 is 10.5 Å². The van der Waals surface area contributed by atoms with Gasteiger partial charge in [0.05, 0.1) is 0 Å². The molecule has 106 valence electrons. The maximum absolute atomic E-state index is 13.6. The fourth-order valence-electron chi connectivity index (χ4n) is 1.82. The first-order valence-electron chi connectivity index (χ1n) is 6.12. The van der Waals surface area contributed by atoms with E-state index in [1.165, 1.54) is 6.07 Å². The zero-order valence-corrected chi connectivity index (χ0v) is 12.5. The van der Waals surface area contributed by atoms with Gasteiger partial charge in [-0.05, 0) is 43.2 Å². The van der Waals surface area contributed by atoms with Gasteiger partial charge in [-0.2, -0.15) is 0 Å². The van der Waals surface area contributed by atoms with Crippen molar-refractivity contribution in [2.45, 2.75) is 19.4 Å². The fraction of sp³-hybridized carbons (Fsp3) is 0.200. The Balaban J connectivity index is 2.34. The molecule has 0 aliphatic rings. The maximum Gasteiger partial charge on any atom is 0.168 e. The van der Waals surface area contributed by atoms with E-state index in [9.17, 15) is 8.78 Å². The van der Waals surface area contributed by atoms with Gasteiger partial charge in [-0.25, -0.2) is 8.78 Å². The summed E-state index contributed by atoms with van der Waals surface area (Å²) in [6.45, 7) is 1.88. The molecule has 2 aromatic carbocycles. The van der Waals surface area contributed by atoms with Gasteiger partial charge in [0.25, 0.3) is 0 Å². The molecule has 1 unspecified atom stereocenters. The molecule has 0 fully saturated rings. The molecule has 2 aromatic rings. The third-order valence-electron chi connectivity index (χ3n) is 2.68. The number of benzene rings is 2. The number of hydrogen-bond donors (Lipinski definition) is 1. The van der Waals surface area contributed by atoms with Gasteiger partial charge >= 0.3 is 0 Å². The zero-order chi connectivity index (χ0) is 14.7. The van der Waals surface area contributed by atoms with Crippen LogP contribution in [0.3, 0.4) is 0 Å². The smallest absolute Gasteiger partial charge is 0.168 e. The Morgan fingerprint density at radius 1 is 1.15 bits per heavy atom. The van der Waals surface area contributed by atoms with Crippen LogP contribution in [0.2, 0.25) is 0 Å². The first-order valence-corrected chi connectivity index (χ1v) is 6.92. The molecule has 0 aliphatic heterocycles. The molecule has 0 aliphatic carbocycles. The Kier molecular flexibility index (Phi) is 4.73. The maximum atomic E-state index is 13.6. The van der Waals surface area contributed by atoms with Gasteiger partial charge in [0.2, 0.25) is 0 Å². The molecule has 0 radical (unpaired) electrons. The summed E-state index contributed by atoms with van der Waals surface area (Å²) >= 11 is 3.34. The van der Waals surface area contributed by atoms with Crippen molar-refractivity contribution in [1.82, 2.24) is 0 Å². The molecular weight excluding hydrogens is 328 g/mol. The molecule has 2 rings (SSSR count). The highest BCUT2D eigenvalue weighted by atomic mass is 79.9. The largest absolute Gasteiger partial charge is 0.454 e. The van der Waals surface area contributed by atoms with E-state index in [4.69, 9.17) is 10.5 Å². The zero-order valence-electron chi connectivity index (χ0n) is 10.9. The lowest BCUT2D eigenvalue weighted by atomic mass is 10.1. The minimum Gasteiger partial charge on any atom is -0.454 e. The van der Waals surface area contributed by atoms with Crippen LogP contribution in [0.25, 0.3) is 0 Å². The molecule has 0 aromatic heterocycles. The van der Waals surface area contributed by atoms with Gasteiger partial charge < -0.3 is 10.5 Å². The molecule has 2 nitrogen and oxygen atoms in total. The lowest BCUT2D eigenvalue weighted by Gasteiger charge is -2.14. The van der Waals surface area contributed by atoms with Gasteiger partial charge in [0, 0.05) is 16.6 Å². The Labute approximate surface area is 124 Å². The van der Waals surface area contributed by atoms with E-state index < -0.39 is 11.6 Å². The summed E-state index contributed by atoms with van der Waals surface area (Å²) in [6.07, 6.45) is 0.603. The van der Waals surface area contributed by atoms with E-state index in [0.717, 1.165) is 22.2 Å². The lowest BCUT2D eigenvalue weighted by Crippen LogP contribution is -2.18. The average Bonchev–Trinajstić information content (AvgIpc) is 2.35. The number of halogens is 3. The highest BCUT2D eigenvalue weighted by molar-refractivity contribution is 9.10. The summed E-state index contributed by atoms with van der Waals surface area (Å²) in [7, 11) is 0. The minimum absolute atomic E-state index is 0.0181. The van der Waals surface area contributed by atoms with Crippen LogP contribution in [0, 0.1) is 11.6 Å². The van der Waals surface area contributed by atoms with Crippen LogP contribution in [0.15, 0.2) is 40.9 Å². The minimum atomic E-state index is -0.739. The normalized spacial score (nSPS) is 12.2. The summed E-state index contributed by atoms with van der Waals surface area (Å²) in [6, 6.07) is 8.63. The second kappa shape index (κ2) is 6.33. The highest BCUT2D eigenvalue weighted by Crippen LogP contribution is 2.31. The van der Waals surface area contributed by atoms with E-state index >= 15 is 0 Å².